The van der Waals surface area contributed by atoms with E-state index in [1.54, 1.807) is 36.4 Å². The van der Waals surface area contributed by atoms with Gasteiger partial charge in [0.25, 0.3) is 0 Å². The van der Waals surface area contributed by atoms with E-state index in [-0.39, 0.29) is 11.3 Å². The summed E-state index contributed by atoms with van der Waals surface area (Å²) < 4.78 is 28.8. The molecule has 0 amide bonds. The maximum Gasteiger partial charge on any atom is 0.243 e. The molecule has 0 heterocycles. The van der Waals surface area contributed by atoms with Crippen molar-refractivity contribution in [1.29, 1.82) is 0 Å². The van der Waals surface area contributed by atoms with Gasteiger partial charge in [-0.2, -0.15) is 4.31 Å². The van der Waals surface area contributed by atoms with Crippen molar-refractivity contribution in [2.45, 2.75) is 29.9 Å². The second kappa shape index (κ2) is 10.9. The topological polar surface area (TPSA) is 57.6 Å². The molecule has 4 aromatic rings. The van der Waals surface area contributed by atoms with Crippen molar-refractivity contribution in [3.8, 4) is 11.8 Å². The van der Waals surface area contributed by atoms with Gasteiger partial charge < -0.3 is 5.11 Å². The molecule has 182 valence electrons. The number of aliphatic hydroxyl groups is 1. The molecule has 0 spiro atoms. The fourth-order valence-corrected chi connectivity index (χ4v) is 5.52. The number of nitrogens with zero attached hydrogens (tertiary/aromatic N) is 1. The molecule has 2 unspecified atom stereocenters. The number of rotatable bonds is 7. The first-order chi connectivity index (χ1) is 17.3. The molecular weight excluding hydrogens is 466 g/mol. The van der Waals surface area contributed by atoms with Gasteiger partial charge >= 0.3 is 0 Å². The summed E-state index contributed by atoms with van der Waals surface area (Å²) >= 11 is 0. The second-order valence-electron chi connectivity index (χ2n) is 8.79. The Balaban J connectivity index is 1.88. The minimum Gasteiger partial charge on any atom is -0.372 e. The molecule has 4 rings (SSSR count). The molecular formula is C31H29NO3S. The van der Waals surface area contributed by atoms with E-state index in [4.69, 9.17) is 0 Å². The Morgan fingerprint density at radius 2 is 1.33 bits per heavy atom. The molecule has 4 nitrogen and oxygen atoms in total. The van der Waals surface area contributed by atoms with Gasteiger partial charge in [-0.1, -0.05) is 108 Å². The van der Waals surface area contributed by atoms with Crippen molar-refractivity contribution in [1.82, 2.24) is 4.31 Å². The molecule has 0 aromatic heterocycles. The molecule has 2 atom stereocenters. The summed E-state index contributed by atoms with van der Waals surface area (Å²) in [4.78, 5) is 0.167. The van der Waals surface area contributed by atoms with Crippen LogP contribution >= 0.6 is 0 Å². The molecule has 5 heteroatoms. The van der Waals surface area contributed by atoms with Crippen molar-refractivity contribution in [2.75, 3.05) is 7.05 Å². The van der Waals surface area contributed by atoms with E-state index in [0.717, 1.165) is 16.7 Å². The fourth-order valence-electron chi connectivity index (χ4n) is 4.15. The molecule has 36 heavy (non-hydrogen) atoms. The smallest absolute Gasteiger partial charge is 0.243 e. The quantitative estimate of drug-likeness (QED) is 0.360. The third-order valence-corrected chi connectivity index (χ3v) is 8.16. The summed E-state index contributed by atoms with van der Waals surface area (Å²) in [6.45, 7) is 1.91. The average molecular weight is 496 g/mol. The van der Waals surface area contributed by atoms with E-state index in [1.807, 2.05) is 85.8 Å². The number of likely N-dealkylation sites (N-methyl/N-ethyl adjacent to an activating group) is 1. The maximum absolute atomic E-state index is 13.8. The highest BCUT2D eigenvalue weighted by atomic mass is 32.2. The monoisotopic (exact) mass is 495 g/mol. The minimum absolute atomic E-state index is 0.167. The molecule has 0 bridgehead atoms. The number of sulfonamides is 1. The Kier molecular flexibility index (Phi) is 7.71. The first-order valence-corrected chi connectivity index (χ1v) is 13.2. The zero-order chi connectivity index (χ0) is 25.6. The van der Waals surface area contributed by atoms with E-state index >= 15 is 0 Å². The standard InChI is InChI=1S/C31H29NO3S/c1-25-18-20-29(21-19-25)36(34,35)32(2)30(24-27-14-8-4-9-15-27)31(33,28-16-10-5-11-17-28)23-22-26-12-6-3-7-13-26/h3-21,30,33H,24H2,1-2H3. The van der Waals surface area contributed by atoms with Gasteiger partial charge in [-0.25, -0.2) is 8.42 Å². The highest BCUT2D eigenvalue weighted by Gasteiger charge is 2.44. The van der Waals surface area contributed by atoms with E-state index in [2.05, 4.69) is 11.8 Å². The summed E-state index contributed by atoms with van der Waals surface area (Å²) in [5, 5.41) is 12.3. The first kappa shape index (κ1) is 25.4. The third kappa shape index (κ3) is 5.58. The SMILES string of the molecule is Cc1ccc(S(=O)(=O)N(C)C(Cc2ccccc2)C(O)(C#Cc2ccccc2)c2ccccc2)cc1. The van der Waals surface area contributed by atoms with E-state index in [9.17, 15) is 13.5 Å². The van der Waals surface area contributed by atoms with E-state index < -0.39 is 21.7 Å². The number of hydrogen-bond acceptors (Lipinski definition) is 3. The molecule has 0 aliphatic carbocycles. The Bertz CT molecular complexity index is 1440. The lowest BCUT2D eigenvalue weighted by Crippen LogP contribution is -2.52. The van der Waals surface area contributed by atoms with Gasteiger partial charge in [-0.05, 0) is 48.7 Å². The number of hydrogen-bond donors (Lipinski definition) is 1. The largest absolute Gasteiger partial charge is 0.372 e. The lowest BCUT2D eigenvalue weighted by molar-refractivity contribution is 0.0303. The van der Waals surface area contributed by atoms with Crippen LogP contribution in [-0.2, 0) is 22.0 Å². The highest BCUT2D eigenvalue weighted by molar-refractivity contribution is 7.89. The first-order valence-electron chi connectivity index (χ1n) is 11.8. The Morgan fingerprint density at radius 3 is 1.92 bits per heavy atom. The molecule has 0 fully saturated rings. The Morgan fingerprint density at radius 1 is 0.806 bits per heavy atom. The van der Waals surface area contributed by atoms with Crippen LogP contribution in [0.3, 0.4) is 0 Å². The Labute approximate surface area is 213 Å². The Hall–Kier alpha value is -3.69. The van der Waals surface area contributed by atoms with E-state index in [1.165, 1.54) is 11.4 Å². The van der Waals surface area contributed by atoms with Crippen molar-refractivity contribution in [3.05, 3.63) is 138 Å². The van der Waals surface area contributed by atoms with Gasteiger partial charge in [0, 0.05) is 12.6 Å². The number of aryl methyl sites for hydroxylation is 1. The molecule has 4 aromatic carbocycles. The van der Waals surface area contributed by atoms with Crippen LogP contribution in [0.4, 0.5) is 0 Å². The van der Waals surface area contributed by atoms with Gasteiger partial charge in [-0.3, -0.25) is 0 Å². The fraction of sp³-hybridized carbons (Fsp3) is 0.161. The van der Waals surface area contributed by atoms with Crippen molar-refractivity contribution >= 4 is 10.0 Å². The average Bonchev–Trinajstić information content (AvgIpc) is 2.92. The van der Waals surface area contributed by atoms with Crippen LogP contribution in [0.2, 0.25) is 0 Å². The summed E-state index contributed by atoms with van der Waals surface area (Å²) in [6.07, 6.45) is 0.261. The molecule has 1 N–H and O–H groups in total. The van der Waals surface area contributed by atoms with Crippen molar-refractivity contribution < 1.29 is 13.5 Å². The molecule has 0 radical (unpaired) electrons. The highest BCUT2D eigenvalue weighted by Crippen LogP contribution is 2.33. The van der Waals surface area contributed by atoms with Gasteiger partial charge in [-0.15, -0.1) is 0 Å². The van der Waals surface area contributed by atoms with E-state index in [0.29, 0.717) is 5.56 Å². The van der Waals surface area contributed by atoms with Crippen LogP contribution < -0.4 is 0 Å². The van der Waals surface area contributed by atoms with Gasteiger partial charge in [0.1, 0.15) is 0 Å². The second-order valence-corrected chi connectivity index (χ2v) is 10.8. The predicted molar refractivity (Wildman–Crippen MR) is 144 cm³/mol. The number of benzene rings is 4. The zero-order valence-electron chi connectivity index (χ0n) is 20.4. The normalized spacial score (nSPS) is 13.9. The lowest BCUT2D eigenvalue weighted by atomic mass is 9.83. The van der Waals surface area contributed by atoms with Crippen LogP contribution in [0.15, 0.2) is 120 Å². The zero-order valence-corrected chi connectivity index (χ0v) is 21.2. The van der Waals surface area contributed by atoms with Gasteiger partial charge in [0.15, 0.2) is 5.60 Å². The predicted octanol–water partition coefficient (Wildman–Crippen LogP) is 5.17. The van der Waals surface area contributed by atoms with Gasteiger partial charge in [0.2, 0.25) is 10.0 Å². The van der Waals surface area contributed by atoms with Crippen LogP contribution in [0, 0.1) is 18.8 Å². The van der Waals surface area contributed by atoms with Crippen LogP contribution in [0.5, 0.6) is 0 Å². The molecule has 0 aliphatic heterocycles. The van der Waals surface area contributed by atoms with Crippen molar-refractivity contribution in [2.24, 2.45) is 0 Å². The summed E-state index contributed by atoms with van der Waals surface area (Å²) in [7, 11) is -2.43. The summed E-state index contributed by atoms with van der Waals surface area (Å²) in [5.74, 6) is 6.14. The third-order valence-electron chi connectivity index (χ3n) is 6.28. The van der Waals surface area contributed by atoms with Crippen LogP contribution in [-0.4, -0.2) is 30.9 Å². The maximum atomic E-state index is 13.8. The molecule has 0 aliphatic rings. The summed E-state index contributed by atoms with van der Waals surface area (Å²) in [5.41, 5.74) is 1.32. The van der Waals surface area contributed by atoms with Crippen LogP contribution in [0.25, 0.3) is 0 Å². The lowest BCUT2D eigenvalue weighted by Gasteiger charge is -2.38. The molecule has 0 saturated heterocycles. The summed E-state index contributed by atoms with van der Waals surface area (Å²) in [6, 6.07) is 33.8. The van der Waals surface area contributed by atoms with Crippen LogP contribution in [0.1, 0.15) is 22.3 Å². The van der Waals surface area contributed by atoms with Crippen molar-refractivity contribution in [3.63, 3.8) is 0 Å². The minimum atomic E-state index is -3.94. The molecule has 0 saturated carbocycles. The van der Waals surface area contributed by atoms with Gasteiger partial charge in [0.05, 0.1) is 10.9 Å².